The first-order valence-electron chi connectivity index (χ1n) is 18.0. The number of piperidine rings is 1. The molecule has 4 aromatic rings. The molecule has 0 aliphatic carbocycles. The van der Waals surface area contributed by atoms with Gasteiger partial charge in [-0.2, -0.15) is 0 Å². The molecule has 2 aromatic carbocycles. The topological polar surface area (TPSA) is 231 Å². The molecule has 4 N–H and O–H groups in total. The van der Waals surface area contributed by atoms with E-state index < -0.39 is 54.2 Å². The number of aliphatic carboxylic acids is 1. The summed E-state index contributed by atoms with van der Waals surface area (Å²) in [5.74, 6) is -3.58. The van der Waals surface area contributed by atoms with Crippen LogP contribution in [0.1, 0.15) is 96.9 Å². The number of imide groups is 2. The number of aromatic nitrogens is 3. The number of carbonyl (C=O) groups excluding carboxylic acids is 6. The Morgan fingerprint density at radius 2 is 1.72 bits per heavy atom. The summed E-state index contributed by atoms with van der Waals surface area (Å²) in [4.78, 5) is 94.5. The average molecular weight is 815 g/mol. The number of hydrogen-bond acceptors (Lipinski definition) is 12. The second-order valence-corrected chi connectivity index (χ2v) is 14.9. The third kappa shape index (κ3) is 7.65. The molecule has 2 atom stereocenters. The number of fused-ring (bicyclic) bond motifs is 4. The smallest absolute Gasteiger partial charge is 0.306 e. The minimum atomic E-state index is -1.13. The summed E-state index contributed by atoms with van der Waals surface area (Å²) in [5.41, 5.74) is 2.51. The summed E-state index contributed by atoms with van der Waals surface area (Å²) in [6.07, 6.45) is 0.733. The van der Waals surface area contributed by atoms with Gasteiger partial charge in [-0.3, -0.25) is 53.3 Å². The van der Waals surface area contributed by atoms with Crippen molar-refractivity contribution in [1.82, 2.24) is 35.6 Å². The Kier molecular flexibility index (Phi) is 11.0. The lowest BCUT2D eigenvalue weighted by Gasteiger charge is -2.27. The number of rotatable bonds is 13. The lowest BCUT2D eigenvalue weighted by atomic mass is 9.99. The van der Waals surface area contributed by atoms with E-state index in [0.29, 0.717) is 68.3 Å². The predicted octanol–water partition coefficient (Wildman–Crippen LogP) is 3.07. The number of carbonyl (C=O) groups is 7. The van der Waals surface area contributed by atoms with Crippen molar-refractivity contribution in [1.29, 1.82) is 0 Å². The lowest BCUT2D eigenvalue weighted by molar-refractivity contribution is -0.138. The monoisotopic (exact) mass is 814 g/mol. The molecule has 0 radical (unpaired) electrons. The van der Waals surface area contributed by atoms with Crippen LogP contribution in [0.5, 0.6) is 5.75 Å². The number of thiophene rings is 1. The summed E-state index contributed by atoms with van der Waals surface area (Å²) in [6, 6.07) is 9.44. The number of unbranched alkanes of at least 4 members (excludes halogenated alkanes) is 1. The van der Waals surface area contributed by atoms with E-state index in [1.807, 2.05) is 6.92 Å². The highest BCUT2D eigenvalue weighted by Crippen LogP contribution is 2.40. The second-order valence-electron chi connectivity index (χ2n) is 13.5. The quantitative estimate of drug-likeness (QED) is 0.113. The zero-order valence-electron chi connectivity index (χ0n) is 30.6. The Bertz CT molecular complexity index is 2390. The third-order valence-electron chi connectivity index (χ3n) is 9.69. The van der Waals surface area contributed by atoms with Crippen LogP contribution in [-0.2, 0) is 19.2 Å². The molecular weight excluding hydrogens is 780 g/mol. The number of carboxylic acids is 1. The van der Waals surface area contributed by atoms with Crippen molar-refractivity contribution < 1.29 is 43.4 Å². The molecule has 3 aliphatic rings. The Morgan fingerprint density at radius 1 is 0.982 bits per heavy atom. The highest BCUT2D eigenvalue weighted by atomic mass is 35.5. The Morgan fingerprint density at radius 3 is 2.44 bits per heavy atom. The summed E-state index contributed by atoms with van der Waals surface area (Å²) >= 11 is 7.40. The summed E-state index contributed by atoms with van der Waals surface area (Å²) in [6.45, 7) is 3.70. The van der Waals surface area contributed by atoms with Crippen LogP contribution in [-0.4, -0.2) is 97.6 Å². The first kappa shape index (κ1) is 39.0. The maximum atomic E-state index is 13.6. The molecular formula is C38H35ClN8O9S. The van der Waals surface area contributed by atoms with Gasteiger partial charge in [-0.25, -0.2) is 0 Å². The van der Waals surface area contributed by atoms with Crippen LogP contribution in [0.2, 0.25) is 5.02 Å². The van der Waals surface area contributed by atoms with Crippen molar-refractivity contribution in [3.05, 3.63) is 91.8 Å². The zero-order chi connectivity index (χ0) is 40.5. The van der Waals surface area contributed by atoms with Gasteiger partial charge in [0.25, 0.3) is 23.6 Å². The zero-order valence-corrected chi connectivity index (χ0v) is 32.2. The maximum Gasteiger partial charge on any atom is 0.306 e. The van der Waals surface area contributed by atoms with Gasteiger partial charge in [0.1, 0.15) is 28.7 Å². The number of aliphatic imine (C=N–C) groups is 1. The Balaban J connectivity index is 0.946. The van der Waals surface area contributed by atoms with Crippen LogP contribution in [0.25, 0.3) is 5.00 Å². The molecule has 1 fully saturated rings. The standard InChI is InChI=1S/C38H35ClN8O9S/c1-18-29-31(20-8-10-21(39)11-9-20)42-23(16-28(50)51)33-45-44-19(2)46(33)38(29)57-32(18)35(53)41-15-4-3-14-40-27(49)17-56-25-7-5-6-22-30(25)37(55)47(36(22)54)24-12-13-26(48)43-34(24)52/h5-11,23-24H,3-4,12-17H2,1-2H3,(H,40,49)(H,41,53)(H,50,51)(H,43,48,52)/t23-,24?/m0/s1. The van der Waals surface area contributed by atoms with Gasteiger partial charge in [-0.1, -0.05) is 29.8 Å². The number of nitrogens with one attached hydrogen (secondary N) is 3. The minimum Gasteiger partial charge on any atom is -0.483 e. The predicted molar refractivity (Wildman–Crippen MR) is 204 cm³/mol. The van der Waals surface area contributed by atoms with Crippen LogP contribution in [0.3, 0.4) is 0 Å². The van der Waals surface area contributed by atoms with Crippen molar-refractivity contribution in [2.45, 2.75) is 58.0 Å². The summed E-state index contributed by atoms with van der Waals surface area (Å²) in [5, 5.41) is 27.2. The molecule has 1 saturated heterocycles. The fourth-order valence-electron chi connectivity index (χ4n) is 6.96. The van der Waals surface area contributed by atoms with Crippen molar-refractivity contribution in [2.75, 3.05) is 19.7 Å². The van der Waals surface area contributed by atoms with Crippen molar-refractivity contribution in [3.8, 4) is 10.8 Å². The molecule has 57 heavy (non-hydrogen) atoms. The van der Waals surface area contributed by atoms with E-state index >= 15 is 0 Å². The second kappa shape index (κ2) is 16.1. The van der Waals surface area contributed by atoms with Crippen LogP contribution >= 0.6 is 22.9 Å². The van der Waals surface area contributed by atoms with E-state index in [9.17, 15) is 38.7 Å². The van der Waals surface area contributed by atoms with Crippen molar-refractivity contribution in [3.63, 3.8) is 0 Å². The Hall–Kier alpha value is -6.27. The number of ether oxygens (including phenoxy) is 1. The Labute approximate surface area is 333 Å². The molecule has 6 amide bonds. The first-order chi connectivity index (χ1) is 27.3. The minimum absolute atomic E-state index is 0.0113. The van der Waals surface area contributed by atoms with E-state index in [-0.39, 0.29) is 48.6 Å². The first-order valence-corrected chi connectivity index (χ1v) is 19.2. The van der Waals surface area contributed by atoms with Gasteiger partial charge >= 0.3 is 5.97 Å². The average Bonchev–Trinajstić information content (AvgIpc) is 3.77. The molecule has 2 aromatic heterocycles. The number of benzene rings is 2. The third-order valence-corrected chi connectivity index (χ3v) is 11.2. The highest BCUT2D eigenvalue weighted by Gasteiger charge is 2.46. The van der Waals surface area contributed by atoms with E-state index in [4.69, 9.17) is 21.3 Å². The van der Waals surface area contributed by atoms with Crippen molar-refractivity contribution in [2.24, 2.45) is 4.99 Å². The number of halogens is 1. The van der Waals surface area contributed by atoms with Crippen molar-refractivity contribution >= 4 is 70.1 Å². The van der Waals surface area contributed by atoms with Crippen LogP contribution in [0, 0.1) is 13.8 Å². The van der Waals surface area contributed by atoms with Crippen LogP contribution in [0.4, 0.5) is 0 Å². The largest absolute Gasteiger partial charge is 0.483 e. The molecule has 17 nitrogen and oxygen atoms in total. The van der Waals surface area contributed by atoms with Gasteiger partial charge in [-0.15, -0.1) is 21.5 Å². The highest BCUT2D eigenvalue weighted by molar-refractivity contribution is 7.17. The van der Waals surface area contributed by atoms with E-state index in [0.717, 1.165) is 4.90 Å². The lowest BCUT2D eigenvalue weighted by Crippen LogP contribution is -2.54. The maximum absolute atomic E-state index is 13.6. The summed E-state index contributed by atoms with van der Waals surface area (Å²) in [7, 11) is 0. The van der Waals surface area contributed by atoms with Crippen LogP contribution < -0.4 is 20.7 Å². The van der Waals surface area contributed by atoms with Gasteiger partial charge < -0.3 is 20.5 Å². The molecule has 0 spiro atoms. The van der Waals surface area contributed by atoms with Gasteiger partial charge in [-0.05, 0) is 62.9 Å². The summed E-state index contributed by atoms with van der Waals surface area (Å²) < 4.78 is 7.40. The fourth-order valence-corrected chi connectivity index (χ4v) is 8.37. The molecule has 0 saturated carbocycles. The molecule has 294 valence electrons. The van der Waals surface area contributed by atoms with Gasteiger partial charge in [0, 0.05) is 35.7 Å². The van der Waals surface area contributed by atoms with E-state index in [1.54, 1.807) is 35.8 Å². The number of hydrogen-bond donors (Lipinski definition) is 4. The molecule has 19 heteroatoms. The van der Waals surface area contributed by atoms with Gasteiger partial charge in [0.05, 0.1) is 28.1 Å². The van der Waals surface area contributed by atoms with Crippen LogP contribution in [0.15, 0.2) is 47.5 Å². The molecule has 7 rings (SSSR count). The number of carboxylic acid groups (broad SMARTS) is 1. The van der Waals surface area contributed by atoms with E-state index in [1.165, 1.54) is 29.5 Å². The fraction of sp³-hybridized carbons (Fsp3) is 0.316. The normalized spacial score (nSPS) is 17.2. The molecule has 5 heterocycles. The molecule has 3 aliphatic heterocycles. The van der Waals surface area contributed by atoms with Gasteiger partial charge in [0.2, 0.25) is 11.8 Å². The molecule has 0 bridgehead atoms. The molecule has 1 unspecified atom stereocenters. The number of amides is 6. The number of nitrogens with zero attached hydrogens (tertiary/aromatic N) is 5. The number of aryl methyl sites for hydroxylation is 1. The SMILES string of the molecule is Cc1c(C(=O)NCCCCNC(=O)COc2cccc3c2C(=O)N(C2CCC(=O)NC2=O)C3=O)sc2c1C(c1ccc(Cl)cc1)=N[C@@H](CC(=O)O)c1nnc(C)n1-2. The van der Waals surface area contributed by atoms with Gasteiger partial charge in [0.15, 0.2) is 12.4 Å². The van der Waals surface area contributed by atoms with E-state index in [2.05, 4.69) is 26.1 Å².